The highest BCUT2D eigenvalue weighted by atomic mass is 32.2. The zero-order valence-corrected chi connectivity index (χ0v) is 33.1. The van der Waals surface area contributed by atoms with Gasteiger partial charge in [0.1, 0.15) is 23.5 Å². The Hall–Kier alpha value is -7.08. The van der Waals surface area contributed by atoms with Gasteiger partial charge in [0.2, 0.25) is 5.91 Å². The third-order valence-electron chi connectivity index (χ3n) is 9.97. The predicted octanol–water partition coefficient (Wildman–Crippen LogP) is 4.52. The van der Waals surface area contributed by atoms with Crippen LogP contribution in [0.4, 0.5) is 20.2 Å². The van der Waals surface area contributed by atoms with E-state index in [-0.39, 0.29) is 28.4 Å². The number of esters is 1. The van der Waals surface area contributed by atoms with Gasteiger partial charge in [0.15, 0.2) is 0 Å². The normalized spacial score (nSPS) is 13.7. The maximum atomic E-state index is 15.5. The van der Waals surface area contributed by atoms with Gasteiger partial charge in [0.25, 0.3) is 21.5 Å². The maximum absolute atomic E-state index is 15.5. The Labute approximate surface area is 341 Å². The number of rotatable bonds is 13. The van der Waals surface area contributed by atoms with E-state index >= 15 is 8.78 Å². The summed E-state index contributed by atoms with van der Waals surface area (Å²) in [7, 11) is -3.00. The first-order valence-electron chi connectivity index (χ1n) is 18.6. The molecule has 1 atom stereocenters. The maximum Gasteiger partial charge on any atom is 0.337 e. The number of hydrogen-bond acceptors (Lipinski definition) is 10. The molecule has 3 N–H and O–H groups in total. The molecule has 0 bridgehead atoms. The molecular formula is C42H37F2N7O8S. The molecule has 0 aliphatic heterocycles. The Balaban J connectivity index is 1.05. The molecule has 0 spiro atoms. The minimum absolute atomic E-state index is 0.0203. The molecule has 15 nitrogen and oxygen atoms in total. The van der Waals surface area contributed by atoms with Crippen molar-refractivity contribution >= 4 is 50.1 Å². The summed E-state index contributed by atoms with van der Waals surface area (Å²) in [5, 5.41) is 5.39. The predicted molar refractivity (Wildman–Crippen MR) is 216 cm³/mol. The zero-order valence-electron chi connectivity index (χ0n) is 32.3. The van der Waals surface area contributed by atoms with Crippen molar-refractivity contribution in [1.82, 2.24) is 24.4 Å². The molecule has 0 unspecified atom stereocenters. The fourth-order valence-electron chi connectivity index (χ4n) is 6.65. The van der Waals surface area contributed by atoms with Gasteiger partial charge in [-0.25, -0.2) is 36.3 Å². The van der Waals surface area contributed by atoms with Crippen LogP contribution in [-0.2, 0) is 43.2 Å². The van der Waals surface area contributed by atoms with Crippen molar-refractivity contribution in [3.63, 3.8) is 0 Å². The molecule has 6 aromatic rings. The second-order valence-electron chi connectivity index (χ2n) is 14.5. The van der Waals surface area contributed by atoms with E-state index in [1.54, 1.807) is 13.8 Å². The lowest BCUT2D eigenvalue weighted by atomic mass is 9.95. The van der Waals surface area contributed by atoms with E-state index < -0.39 is 73.6 Å². The number of nitrogens with one attached hydrogen (secondary N) is 3. The number of aryl methyl sites for hydroxylation is 1. The molecule has 0 radical (unpaired) electrons. The van der Waals surface area contributed by atoms with Crippen LogP contribution in [0.1, 0.15) is 48.2 Å². The average molecular weight is 838 g/mol. The molecule has 0 saturated heterocycles. The number of halogens is 2. The van der Waals surface area contributed by atoms with Crippen LogP contribution in [0.5, 0.6) is 0 Å². The number of carbonyl (C=O) groups excluding carboxylic acids is 3. The zero-order chi connectivity index (χ0) is 42.9. The highest BCUT2D eigenvalue weighted by Gasteiger charge is 2.51. The smallest absolute Gasteiger partial charge is 0.337 e. The fraction of sp³-hybridized carbons (Fsp3) is 0.214. The quantitative estimate of drug-likeness (QED) is 0.139. The van der Waals surface area contributed by atoms with E-state index in [0.717, 1.165) is 10.1 Å². The average Bonchev–Trinajstić information content (AvgIpc) is 4.04. The van der Waals surface area contributed by atoms with Gasteiger partial charge in [-0.15, -0.1) is 0 Å². The lowest BCUT2D eigenvalue weighted by Crippen LogP contribution is -2.44. The SMILES string of the molecule is CC(C)OC(=O)[C@H](Cc1ccc(-n2c(=O)c3ccncc3n(C)c2=O)nc1)NC(=O)c1cc(F)c(NS(=O)(=O)c2ccc(NC(=O)C3(c4ccccc4)CC3)cc2)cc1F. The number of pyridine rings is 2. The van der Waals surface area contributed by atoms with Gasteiger partial charge in [-0.3, -0.25) is 28.7 Å². The number of hydrogen-bond donors (Lipinski definition) is 3. The molecule has 2 amide bonds. The highest BCUT2D eigenvalue weighted by molar-refractivity contribution is 7.92. The summed E-state index contributed by atoms with van der Waals surface area (Å²) in [6, 6.07) is 18.3. The third kappa shape index (κ3) is 8.26. The molecular weight excluding hydrogens is 801 g/mol. The fourth-order valence-corrected chi connectivity index (χ4v) is 7.70. The van der Waals surface area contributed by atoms with Crippen molar-refractivity contribution in [2.24, 2.45) is 7.05 Å². The topological polar surface area (TPSA) is 200 Å². The van der Waals surface area contributed by atoms with Crippen molar-refractivity contribution < 1.29 is 36.3 Å². The number of aromatic nitrogens is 4. The number of nitrogens with zero attached hydrogens (tertiary/aromatic N) is 4. The van der Waals surface area contributed by atoms with E-state index in [9.17, 15) is 32.4 Å². The van der Waals surface area contributed by atoms with Gasteiger partial charge in [-0.05, 0) is 80.3 Å². The number of benzene rings is 3. The standard InChI is InChI=1S/C42H37F2N7O8S/c1-24(2)59-39(54)34(19-25-9-14-36(46-22-25)51-38(53)29-15-18-45-23-35(29)50(3)41(51)56)48-37(52)30-20-32(44)33(21-31(30)43)49-60(57,58)28-12-10-27(11-13-28)47-40(55)42(16-17-42)26-7-5-4-6-8-26/h4-15,18,20-24,34,49H,16-17,19H2,1-3H3,(H,47,55)(H,48,52)/t34-/m0/s1. The highest BCUT2D eigenvalue weighted by Crippen LogP contribution is 2.49. The number of sulfonamides is 1. The molecule has 308 valence electrons. The van der Waals surface area contributed by atoms with Gasteiger partial charge in [-0.1, -0.05) is 36.4 Å². The van der Waals surface area contributed by atoms with E-state index in [2.05, 4.69) is 20.6 Å². The Bertz CT molecular complexity index is 2880. The van der Waals surface area contributed by atoms with E-state index in [4.69, 9.17) is 4.74 Å². The van der Waals surface area contributed by atoms with Gasteiger partial charge in [-0.2, -0.15) is 0 Å². The minimum Gasteiger partial charge on any atom is -0.461 e. The number of anilines is 2. The molecule has 1 aliphatic rings. The Morgan fingerprint density at radius 2 is 1.63 bits per heavy atom. The summed E-state index contributed by atoms with van der Waals surface area (Å²) in [5.41, 5.74) is -1.72. The van der Waals surface area contributed by atoms with Crippen molar-refractivity contribution in [2.45, 2.75) is 55.6 Å². The van der Waals surface area contributed by atoms with Gasteiger partial charge >= 0.3 is 11.7 Å². The van der Waals surface area contributed by atoms with E-state index in [1.165, 1.54) is 72.7 Å². The van der Waals surface area contributed by atoms with Crippen molar-refractivity contribution in [3.8, 4) is 5.82 Å². The van der Waals surface area contributed by atoms with E-state index in [0.29, 0.717) is 41.7 Å². The van der Waals surface area contributed by atoms with Gasteiger partial charge < -0.3 is 15.4 Å². The molecule has 60 heavy (non-hydrogen) atoms. The monoisotopic (exact) mass is 837 g/mol. The second-order valence-corrected chi connectivity index (χ2v) is 16.1. The number of ether oxygens (including phenoxy) is 1. The summed E-state index contributed by atoms with van der Waals surface area (Å²) in [4.78, 5) is 73.7. The first-order chi connectivity index (χ1) is 28.6. The van der Waals surface area contributed by atoms with Gasteiger partial charge in [0, 0.05) is 37.6 Å². The summed E-state index contributed by atoms with van der Waals surface area (Å²) in [6.45, 7) is 3.14. The van der Waals surface area contributed by atoms with Crippen LogP contribution < -0.4 is 26.6 Å². The molecule has 1 saturated carbocycles. The summed E-state index contributed by atoms with van der Waals surface area (Å²) < 4.78 is 66.6. The number of fused-ring (bicyclic) bond motifs is 1. The number of carbonyl (C=O) groups is 3. The van der Waals surface area contributed by atoms with Crippen LogP contribution in [0.25, 0.3) is 16.7 Å². The van der Waals surface area contributed by atoms with Crippen LogP contribution in [-0.4, -0.2) is 57.4 Å². The Morgan fingerprint density at radius 1 is 0.917 bits per heavy atom. The first kappa shape index (κ1) is 41.1. The van der Waals surface area contributed by atoms with Crippen molar-refractivity contribution in [2.75, 3.05) is 10.0 Å². The van der Waals surface area contributed by atoms with Crippen LogP contribution in [0.3, 0.4) is 0 Å². The lowest BCUT2D eigenvalue weighted by Gasteiger charge is -2.20. The molecule has 7 rings (SSSR count). The lowest BCUT2D eigenvalue weighted by molar-refractivity contribution is -0.149. The molecule has 3 aromatic carbocycles. The third-order valence-corrected chi connectivity index (χ3v) is 11.4. The molecule has 18 heteroatoms. The van der Waals surface area contributed by atoms with E-state index in [1.807, 2.05) is 35.1 Å². The van der Waals surface area contributed by atoms with Crippen molar-refractivity contribution in [3.05, 3.63) is 153 Å². The summed E-state index contributed by atoms with van der Waals surface area (Å²) in [5.74, 6) is -4.98. The number of amides is 2. The minimum atomic E-state index is -4.48. The second kappa shape index (κ2) is 16.3. The Kier molecular flexibility index (Phi) is 11.2. The summed E-state index contributed by atoms with van der Waals surface area (Å²) in [6.07, 6.45) is 4.55. The van der Waals surface area contributed by atoms with Gasteiger partial charge in [0.05, 0.1) is 44.8 Å². The molecule has 3 heterocycles. The van der Waals surface area contributed by atoms with Crippen molar-refractivity contribution in [1.29, 1.82) is 0 Å². The molecule has 1 aliphatic carbocycles. The summed E-state index contributed by atoms with van der Waals surface area (Å²) >= 11 is 0. The largest absolute Gasteiger partial charge is 0.461 e. The molecule has 1 fully saturated rings. The Morgan fingerprint density at radius 3 is 2.28 bits per heavy atom. The van der Waals surface area contributed by atoms with Crippen LogP contribution in [0.2, 0.25) is 0 Å². The first-order valence-corrected chi connectivity index (χ1v) is 20.1. The van der Waals surface area contributed by atoms with Crippen LogP contribution >= 0.6 is 0 Å². The van der Waals surface area contributed by atoms with Crippen LogP contribution in [0.15, 0.2) is 118 Å². The van der Waals surface area contributed by atoms with Crippen LogP contribution in [0, 0.1) is 11.6 Å². The molecule has 3 aromatic heterocycles.